The predicted molar refractivity (Wildman–Crippen MR) is 83.6 cm³/mol. The smallest absolute Gasteiger partial charge is 0.119 e. The number of hydrogen-bond donors (Lipinski definition) is 1. The molecule has 0 bridgehead atoms. The van der Waals surface area contributed by atoms with Gasteiger partial charge >= 0.3 is 0 Å². The molecule has 2 heteroatoms. The largest absolute Gasteiger partial charge is 0.497 e. The fraction of sp³-hybridized carbons (Fsp3) is 0.684. The highest BCUT2D eigenvalue weighted by Crippen LogP contribution is 2.60. The van der Waals surface area contributed by atoms with E-state index in [0.29, 0.717) is 5.92 Å². The summed E-state index contributed by atoms with van der Waals surface area (Å²) in [6, 6.07) is 6.67. The van der Waals surface area contributed by atoms with Gasteiger partial charge in [-0.15, -0.1) is 0 Å². The number of aliphatic hydroxyl groups is 1. The topological polar surface area (TPSA) is 29.5 Å². The molecule has 0 spiro atoms. The normalized spacial score (nSPS) is 41.1. The lowest BCUT2D eigenvalue weighted by molar-refractivity contribution is -0.0226. The third kappa shape index (κ3) is 1.88. The Labute approximate surface area is 127 Å². The summed E-state index contributed by atoms with van der Waals surface area (Å²) in [5.74, 6) is 3.20. The maximum absolute atomic E-state index is 10.4. The molecular weight excluding hydrogens is 260 g/mol. The third-order valence-corrected chi connectivity index (χ3v) is 6.88. The number of aryl methyl sites for hydroxylation is 1. The van der Waals surface area contributed by atoms with Crippen molar-refractivity contribution in [2.75, 3.05) is 7.11 Å². The van der Waals surface area contributed by atoms with Gasteiger partial charge in [0.2, 0.25) is 0 Å². The van der Waals surface area contributed by atoms with E-state index < -0.39 is 0 Å². The summed E-state index contributed by atoms with van der Waals surface area (Å²) in [6.07, 6.45) is 7.07. The molecule has 0 aromatic heterocycles. The van der Waals surface area contributed by atoms with Crippen LogP contribution in [0.5, 0.6) is 5.75 Å². The van der Waals surface area contributed by atoms with Gasteiger partial charge in [0.15, 0.2) is 0 Å². The molecule has 0 radical (unpaired) electrons. The van der Waals surface area contributed by atoms with E-state index in [1.165, 1.54) is 37.7 Å². The number of fused-ring (bicyclic) bond motifs is 5. The second-order valence-electron chi connectivity index (χ2n) is 7.62. The zero-order chi connectivity index (χ0) is 14.6. The Morgan fingerprint density at radius 1 is 1.19 bits per heavy atom. The summed E-state index contributed by atoms with van der Waals surface area (Å²) >= 11 is 0. The third-order valence-electron chi connectivity index (χ3n) is 6.88. The minimum absolute atomic E-state index is 0.0688. The Hall–Kier alpha value is -1.02. The molecule has 1 N–H and O–H groups in total. The molecule has 0 heterocycles. The van der Waals surface area contributed by atoms with Gasteiger partial charge in [-0.1, -0.05) is 13.0 Å². The molecule has 0 aliphatic heterocycles. The Balaban J connectivity index is 1.68. The second kappa shape index (κ2) is 4.74. The molecule has 3 aliphatic rings. The van der Waals surface area contributed by atoms with Crippen molar-refractivity contribution >= 4 is 0 Å². The lowest BCUT2D eigenvalue weighted by Crippen LogP contribution is -2.43. The van der Waals surface area contributed by atoms with Crippen LogP contribution in [0.4, 0.5) is 0 Å². The SMILES string of the molecule is COc1ccc2c(c1)CC[C@H]1C2CC[C@@]2(C)[C@H](O)CC[C@H]12. The first-order valence-corrected chi connectivity index (χ1v) is 8.48. The summed E-state index contributed by atoms with van der Waals surface area (Å²) in [6.45, 7) is 2.34. The first kappa shape index (κ1) is 13.6. The average Bonchev–Trinajstić information content (AvgIpc) is 2.82. The molecule has 0 saturated heterocycles. The van der Waals surface area contributed by atoms with Crippen molar-refractivity contribution in [1.29, 1.82) is 0 Å². The average molecular weight is 286 g/mol. The van der Waals surface area contributed by atoms with E-state index in [1.807, 2.05) is 0 Å². The Morgan fingerprint density at radius 3 is 2.86 bits per heavy atom. The number of hydrogen-bond acceptors (Lipinski definition) is 2. The van der Waals surface area contributed by atoms with Gasteiger partial charge in [-0.25, -0.2) is 0 Å². The van der Waals surface area contributed by atoms with E-state index >= 15 is 0 Å². The molecule has 1 unspecified atom stereocenters. The molecule has 114 valence electrons. The van der Waals surface area contributed by atoms with Gasteiger partial charge < -0.3 is 9.84 Å². The number of ether oxygens (including phenoxy) is 1. The van der Waals surface area contributed by atoms with Gasteiger partial charge in [0, 0.05) is 0 Å². The highest BCUT2D eigenvalue weighted by atomic mass is 16.5. The monoisotopic (exact) mass is 286 g/mol. The summed E-state index contributed by atoms with van der Waals surface area (Å²) in [4.78, 5) is 0. The van der Waals surface area contributed by atoms with E-state index in [-0.39, 0.29) is 11.5 Å². The summed E-state index contributed by atoms with van der Waals surface area (Å²) in [7, 11) is 1.75. The van der Waals surface area contributed by atoms with Crippen molar-refractivity contribution in [3.8, 4) is 5.75 Å². The van der Waals surface area contributed by atoms with Crippen LogP contribution in [0.3, 0.4) is 0 Å². The van der Waals surface area contributed by atoms with E-state index in [0.717, 1.165) is 24.0 Å². The van der Waals surface area contributed by atoms with Crippen LogP contribution in [-0.4, -0.2) is 18.3 Å². The van der Waals surface area contributed by atoms with Crippen LogP contribution in [0.1, 0.15) is 56.1 Å². The van der Waals surface area contributed by atoms with Crippen LogP contribution >= 0.6 is 0 Å². The molecule has 2 fully saturated rings. The van der Waals surface area contributed by atoms with E-state index in [9.17, 15) is 5.11 Å². The molecule has 4 rings (SSSR count). The zero-order valence-corrected chi connectivity index (χ0v) is 13.1. The molecule has 1 aromatic rings. The summed E-state index contributed by atoms with van der Waals surface area (Å²) < 4.78 is 5.38. The molecule has 5 atom stereocenters. The van der Waals surface area contributed by atoms with Crippen molar-refractivity contribution < 1.29 is 9.84 Å². The minimum atomic E-state index is -0.0688. The van der Waals surface area contributed by atoms with Crippen LogP contribution in [0.2, 0.25) is 0 Å². The van der Waals surface area contributed by atoms with Gasteiger partial charge in [0.05, 0.1) is 13.2 Å². The number of aliphatic hydroxyl groups excluding tert-OH is 1. The van der Waals surface area contributed by atoms with Crippen molar-refractivity contribution in [3.05, 3.63) is 29.3 Å². The lowest BCUT2D eigenvalue weighted by atomic mass is 9.55. The molecule has 21 heavy (non-hydrogen) atoms. The van der Waals surface area contributed by atoms with Gasteiger partial charge in [-0.05, 0) is 85.0 Å². The maximum Gasteiger partial charge on any atom is 0.119 e. The molecule has 0 amide bonds. The highest BCUT2D eigenvalue weighted by molar-refractivity contribution is 5.40. The number of benzene rings is 1. The fourth-order valence-corrected chi connectivity index (χ4v) is 5.66. The highest BCUT2D eigenvalue weighted by Gasteiger charge is 2.54. The molecular formula is C19H26O2. The molecule has 1 aromatic carbocycles. The second-order valence-corrected chi connectivity index (χ2v) is 7.62. The van der Waals surface area contributed by atoms with E-state index in [1.54, 1.807) is 12.7 Å². The number of rotatable bonds is 1. The molecule has 2 saturated carbocycles. The first-order valence-electron chi connectivity index (χ1n) is 8.48. The van der Waals surface area contributed by atoms with Gasteiger partial charge in [0.25, 0.3) is 0 Å². The van der Waals surface area contributed by atoms with Crippen molar-refractivity contribution in [1.82, 2.24) is 0 Å². The summed E-state index contributed by atoms with van der Waals surface area (Å²) in [5, 5.41) is 10.4. The maximum atomic E-state index is 10.4. The van der Waals surface area contributed by atoms with Crippen LogP contribution in [0, 0.1) is 17.3 Å². The van der Waals surface area contributed by atoms with E-state index in [4.69, 9.17) is 4.74 Å². The standard InChI is InChI=1S/C19H26O2/c1-19-10-9-15-14-6-4-13(21-2)11-12(14)3-5-16(15)17(19)7-8-18(19)20/h4,6,11,15-18,20H,3,5,7-10H2,1-2H3/t15?,16-,17+,18+,19+/m0/s1. The van der Waals surface area contributed by atoms with Gasteiger partial charge in [0.1, 0.15) is 5.75 Å². The lowest BCUT2D eigenvalue weighted by Gasteiger charge is -2.50. The predicted octanol–water partition coefficient (Wildman–Crippen LogP) is 3.91. The van der Waals surface area contributed by atoms with Crippen molar-refractivity contribution in [3.63, 3.8) is 0 Å². The van der Waals surface area contributed by atoms with Crippen LogP contribution in [-0.2, 0) is 6.42 Å². The quantitative estimate of drug-likeness (QED) is 0.848. The van der Waals surface area contributed by atoms with Crippen LogP contribution in [0.25, 0.3) is 0 Å². The minimum Gasteiger partial charge on any atom is -0.497 e. The van der Waals surface area contributed by atoms with Crippen molar-refractivity contribution in [2.45, 2.75) is 57.5 Å². The first-order chi connectivity index (χ1) is 10.1. The van der Waals surface area contributed by atoms with Gasteiger partial charge in [-0.3, -0.25) is 0 Å². The fourth-order valence-electron chi connectivity index (χ4n) is 5.66. The molecule has 2 nitrogen and oxygen atoms in total. The summed E-state index contributed by atoms with van der Waals surface area (Å²) in [5.41, 5.74) is 3.25. The molecule has 3 aliphatic carbocycles. The van der Waals surface area contributed by atoms with Crippen molar-refractivity contribution in [2.24, 2.45) is 17.3 Å². The van der Waals surface area contributed by atoms with Gasteiger partial charge in [-0.2, -0.15) is 0 Å². The number of methoxy groups -OCH3 is 1. The Morgan fingerprint density at radius 2 is 2.05 bits per heavy atom. The Bertz CT molecular complexity index is 552. The van der Waals surface area contributed by atoms with Crippen LogP contribution < -0.4 is 4.74 Å². The zero-order valence-electron chi connectivity index (χ0n) is 13.1. The Kier molecular flexibility index (Phi) is 3.08. The van der Waals surface area contributed by atoms with Crippen LogP contribution in [0.15, 0.2) is 18.2 Å². The van der Waals surface area contributed by atoms with E-state index in [2.05, 4.69) is 25.1 Å².